The second-order valence-corrected chi connectivity index (χ2v) is 4.81. The van der Waals surface area contributed by atoms with Crippen molar-refractivity contribution < 1.29 is 9.50 Å². The van der Waals surface area contributed by atoms with Gasteiger partial charge >= 0.3 is 0 Å². The first-order valence-electron chi connectivity index (χ1n) is 5.52. The van der Waals surface area contributed by atoms with E-state index in [2.05, 4.69) is 0 Å². The smallest absolute Gasteiger partial charge is 0.124 e. The molecule has 0 aliphatic heterocycles. The summed E-state index contributed by atoms with van der Waals surface area (Å²) in [7, 11) is 0. The largest absolute Gasteiger partial charge is 0.398 e. The Morgan fingerprint density at radius 2 is 1.94 bits per heavy atom. The van der Waals surface area contributed by atoms with Crippen molar-refractivity contribution in [2.75, 3.05) is 18.1 Å². The minimum absolute atomic E-state index is 0.239. The molecule has 0 heterocycles. The highest BCUT2D eigenvalue weighted by Crippen LogP contribution is 2.26. The molecule has 0 saturated carbocycles. The van der Waals surface area contributed by atoms with Crippen LogP contribution in [0.4, 0.5) is 10.1 Å². The number of unbranched alkanes of at least 4 members (excludes halogenated alkanes) is 3. The summed E-state index contributed by atoms with van der Waals surface area (Å²) in [5.74, 6) is 0.705. The Hall–Kier alpha value is -0.740. The molecular weight excluding hydrogens is 225 g/mol. The first-order valence-corrected chi connectivity index (χ1v) is 6.51. The quantitative estimate of drug-likeness (QED) is 0.439. The van der Waals surface area contributed by atoms with Crippen LogP contribution < -0.4 is 5.73 Å². The summed E-state index contributed by atoms with van der Waals surface area (Å²) in [6.45, 7) is 0.268. The first-order chi connectivity index (χ1) is 7.74. The first kappa shape index (κ1) is 13.3. The van der Waals surface area contributed by atoms with Crippen molar-refractivity contribution in [1.82, 2.24) is 0 Å². The average molecular weight is 243 g/mol. The third kappa shape index (κ3) is 4.86. The van der Waals surface area contributed by atoms with Gasteiger partial charge in [0.25, 0.3) is 0 Å². The van der Waals surface area contributed by atoms with Gasteiger partial charge in [0.2, 0.25) is 0 Å². The molecule has 1 aromatic carbocycles. The van der Waals surface area contributed by atoms with E-state index < -0.39 is 0 Å². The predicted molar refractivity (Wildman–Crippen MR) is 67.1 cm³/mol. The minimum atomic E-state index is -0.239. The van der Waals surface area contributed by atoms with Crippen LogP contribution in [-0.4, -0.2) is 17.5 Å². The van der Waals surface area contributed by atoms with Crippen LogP contribution in [0.25, 0.3) is 0 Å². The average Bonchev–Trinajstić information content (AvgIpc) is 2.28. The normalized spacial score (nSPS) is 10.6. The number of aliphatic hydroxyl groups excluding tert-OH is 1. The molecule has 0 aromatic heterocycles. The highest BCUT2D eigenvalue weighted by molar-refractivity contribution is 7.99. The zero-order valence-electron chi connectivity index (χ0n) is 9.29. The van der Waals surface area contributed by atoms with Crippen molar-refractivity contribution in [1.29, 1.82) is 0 Å². The van der Waals surface area contributed by atoms with Crippen molar-refractivity contribution in [3.05, 3.63) is 24.0 Å². The number of benzene rings is 1. The molecule has 0 radical (unpaired) electrons. The van der Waals surface area contributed by atoms with Gasteiger partial charge < -0.3 is 10.8 Å². The predicted octanol–water partition coefficient (Wildman–Crippen LogP) is 3.05. The Morgan fingerprint density at radius 3 is 2.69 bits per heavy atom. The Balaban J connectivity index is 2.23. The van der Waals surface area contributed by atoms with Crippen LogP contribution in [0.1, 0.15) is 25.7 Å². The number of nitrogen functional groups attached to an aromatic ring is 1. The molecule has 0 aliphatic carbocycles. The van der Waals surface area contributed by atoms with Gasteiger partial charge in [0, 0.05) is 17.2 Å². The maximum absolute atomic E-state index is 12.9. The summed E-state index contributed by atoms with van der Waals surface area (Å²) in [5, 5.41) is 8.60. The van der Waals surface area contributed by atoms with Gasteiger partial charge in [-0.1, -0.05) is 12.8 Å². The highest BCUT2D eigenvalue weighted by Gasteiger charge is 2.01. The summed E-state index contributed by atoms with van der Waals surface area (Å²) >= 11 is 1.59. The van der Waals surface area contributed by atoms with Crippen LogP contribution in [0.2, 0.25) is 0 Å². The van der Waals surface area contributed by atoms with Crippen molar-refractivity contribution >= 4 is 17.4 Å². The van der Waals surface area contributed by atoms with Crippen LogP contribution in [0, 0.1) is 5.82 Å². The second kappa shape index (κ2) is 7.52. The molecule has 0 saturated heterocycles. The summed E-state index contributed by atoms with van der Waals surface area (Å²) in [6, 6.07) is 4.46. The third-order valence-electron chi connectivity index (χ3n) is 2.29. The van der Waals surface area contributed by atoms with Crippen molar-refractivity contribution in [2.45, 2.75) is 30.6 Å². The van der Waals surface area contributed by atoms with Gasteiger partial charge in [-0.05, 0) is 36.8 Å². The van der Waals surface area contributed by atoms with Gasteiger partial charge in [-0.2, -0.15) is 0 Å². The summed E-state index contributed by atoms with van der Waals surface area (Å²) < 4.78 is 12.9. The van der Waals surface area contributed by atoms with Gasteiger partial charge in [0.15, 0.2) is 0 Å². The van der Waals surface area contributed by atoms with Crippen molar-refractivity contribution in [3.63, 3.8) is 0 Å². The second-order valence-electron chi connectivity index (χ2n) is 3.67. The number of rotatable bonds is 7. The zero-order chi connectivity index (χ0) is 11.8. The minimum Gasteiger partial charge on any atom is -0.398 e. The van der Waals surface area contributed by atoms with E-state index >= 15 is 0 Å². The maximum Gasteiger partial charge on any atom is 0.124 e. The van der Waals surface area contributed by atoms with Crippen LogP contribution in [0.5, 0.6) is 0 Å². The topological polar surface area (TPSA) is 46.2 Å². The zero-order valence-corrected chi connectivity index (χ0v) is 10.1. The third-order valence-corrected chi connectivity index (χ3v) is 3.44. The van der Waals surface area contributed by atoms with E-state index in [4.69, 9.17) is 10.8 Å². The Bertz CT molecular complexity index is 320. The Labute approximate surface area is 100 Å². The molecule has 0 amide bonds. The van der Waals surface area contributed by atoms with Gasteiger partial charge in [-0.15, -0.1) is 11.8 Å². The van der Waals surface area contributed by atoms with E-state index in [0.29, 0.717) is 5.69 Å². The molecule has 4 heteroatoms. The lowest BCUT2D eigenvalue weighted by atomic mass is 10.2. The molecule has 3 N–H and O–H groups in total. The standard InChI is InChI=1S/C12H18FNOS/c13-10-5-6-11(14)12(9-10)16-8-4-2-1-3-7-15/h5-6,9,15H,1-4,7-8,14H2. The number of hydrogen-bond donors (Lipinski definition) is 2. The Kier molecular flexibility index (Phi) is 6.26. The lowest BCUT2D eigenvalue weighted by Crippen LogP contribution is -1.91. The molecule has 0 bridgehead atoms. The molecule has 1 aromatic rings. The van der Waals surface area contributed by atoms with E-state index in [-0.39, 0.29) is 12.4 Å². The Morgan fingerprint density at radius 1 is 1.19 bits per heavy atom. The highest BCUT2D eigenvalue weighted by atomic mass is 32.2. The van der Waals surface area contributed by atoms with Crippen molar-refractivity contribution in [2.24, 2.45) is 0 Å². The molecule has 90 valence electrons. The molecule has 0 fully saturated rings. The number of anilines is 1. The van der Waals surface area contributed by atoms with E-state index in [1.807, 2.05) is 0 Å². The number of halogens is 1. The summed E-state index contributed by atoms with van der Waals surface area (Å²) in [4.78, 5) is 0.821. The summed E-state index contributed by atoms with van der Waals surface area (Å²) in [6.07, 6.45) is 4.09. The lowest BCUT2D eigenvalue weighted by molar-refractivity contribution is 0.283. The van der Waals surface area contributed by atoms with E-state index in [0.717, 1.165) is 36.3 Å². The molecule has 1 rings (SSSR count). The molecule has 0 aliphatic rings. The fraction of sp³-hybridized carbons (Fsp3) is 0.500. The number of nitrogens with two attached hydrogens (primary N) is 1. The summed E-state index contributed by atoms with van der Waals surface area (Å²) in [5.41, 5.74) is 6.37. The number of aliphatic hydroxyl groups is 1. The van der Waals surface area contributed by atoms with Gasteiger partial charge in [0.05, 0.1) is 0 Å². The SMILES string of the molecule is Nc1ccc(F)cc1SCCCCCCO. The van der Waals surface area contributed by atoms with Gasteiger partial charge in [0.1, 0.15) is 5.82 Å². The molecular formula is C12H18FNOS. The molecule has 2 nitrogen and oxygen atoms in total. The fourth-order valence-corrected chi connectivity index (χ4v) is 2.38. The van der Waals surface area contributed by atoms with Crippen LogP contribution in [-0.2, 0) is 0 Å². The van der Waals surface area contributed by atoms with Gasteiger partial charge in [-0.25, -0.2) is 4.39 Å². The van der Waals surface area contributed by atoms with Crippen molar-refractivity contribution in [3.8, 4) is 0 Å². The van der Waals surface area contributed by atoms with Crippen LogP contribution >= 0.6 is 11.8 Å². The number of thioether (sulfide) groups is 1. The molecule has 0 unspecified atom stereocenters. The molecule has 0 spiro atoms. The van der Waals surface area contributed by atoms with E-state index in [1.165, 1.54) is 12.1 Å². The maximum atomic E-state index is 12.9. The molecule has 0 atom stereocenters. The lowest BCUT2D eigenvalue weighted by Gasteiger charge is -2.05. The fourth-order valence-electron chi connectivity index (χ4n) is 1.38. The van der Waals surface area contributed by atoms with E-state index in [9.17, 15) is 4.39 Å². The van der Waals surface area contributed by atoms with E-state index in [1.54, 1.807) is 17.8 Å². The number of hydrogen-bond acceptors (Lipinski definition) is 3. The van der Waals surface area contributed by atoms with Crippen LogP contribution in [0.15, 0.2) is 23.1 Å². The van der Waals surface area contributed by atoms with Crippen LogP contribution in [0.3, 0.4) is 0 Å². The van der Waals surface area contributed by atoms with Gasteiger partial charge in [-0.3, -0.25) is 0 Å². The monoisotopic (exact) mass is 243 g/mol. The molecule has 16 heavy (non-hydrogen) atoms.